The van der Waals surface area contributed by atoms with Crippen molar-refractivity contribution in [1.29, 1.82) is 0 Å². The molecule has 1 aliphatic heterocycles. The van der Waals surface area contributed by atoms with Crippen LogP contribution in [0.1, 0.15) is 43.0 Å². The van der Waals surface area contributed by atoms with Gasteiger partial charge in [0.25, 0.3) is 0 Å². The number of ether oxygens (including phenoxy) is 3. The van der Waals surface area contributed by atoms with E-state index in [1.807, 2.05) is 0 Å². The molecule has 0 amide bonds. The number of nitrogens with two attached hydrogens (primary N) is 1. The maximum atomic E-state index is 13.8. The number of guanidine groups is 1. The van der Waals surface area contributed by atoms with Crippen molar-refractivity contribution in [1.82, 2.24) is 5.32 Å². The Balaban J connectivity index is 1.82. The minimum absolute atomic E-state index is 0.00349. The van der Waals surface area contributed by atoms with Gasteiger partial charge in [-0.2, -0.15) is 0 Å². The number of methoxy groups -OCH3 is 1. The van der Waals surface area contributed by atoms with E-state index in [1.54, 1.807) is 6.92 Å². The van der Waals surface area contributed by atoms with Crippen LogP contribution in [-0.2, 0) is 11.3 Å². The topological polar surface area (TPSA) is 234 Å². The number of rotatable bonds is 6. The molecule has 2 aromatic rings. The molecule has 0 bridgehead atoms. The molecule has 2 aromatic carbocycles. The first-order valence-electron chi connectivity index (χ1n) is 11.7. The van der Waals surface area contributed by atoms with Crippen molar-refractivity contribution in [3.63, 3.8) is 0 Å². The van der Waals surface area contributed by atoms with Crippen molar-refractivity contribution in [2.45, 2.75) is 43.9 Å². The number of carbonyl (C=O) groups excluding carboxylic acids is 2. The minimum atomic E-state index is -2.71. The van der Waals surface area contributed by atoms with Gasteiger partial charge < -0.3 is 55.9 Å². The van der Waals surface area contributed by atoms with Crippen LogP contribution in [-0.4, -0.2) is 99.3 Å². The van der Waals surface area contributed by atoms with Gasteiger partial charge in [0.05, 0.1) is 24.8 Å². The van der Waals surface area contributed by atoms with Gasteiger partial charge in [-0.1, -0.05) is 0 Å². The Labute approximate surface area is 221 Å². The number of aliphatic imine (C=N–C) groups is 1. The van der Waals surface area contributed by atoms with Gasteiger partial charge in [-0.15, -0.1) is 0 Å². The summed E-state index contributed by atoms with van der Waals surface area (Å²) in [5.41, 5.74) is 5.64. The lowest BCUT2D eigenvalue weighted by molar-refractivity contribution is -0.384. The van der Waals surface area contributed by atoms with E-state index in [9.17, 15) is 40.2 Å². The Morgan fingerprint density at radius 1 is 1.13 bits per heavy atom. The average Bonchev–Trinajstić information content (AvgIpc) is 2.92. The molecule has 210 valence electrons. The summed E-state index contributed by atoms with van der Waals surface area (Å²) in [4.78, 5) is 31.1. The standard InChI is InChI=1S/C25H29N3O11/c1-9-4-11-16(18(31)13(9)7-28-24(26)27-2)19(32)15-12(17(11)30)5-10(37-3)6-14(15)38-23-21(34)20(33)22(35)25(36,8-29)39-23/h4-6,20-23,29,31,33-36H,7-8H2,1-3H3,(H3,26,27,28)/t20-,21-,22+,23-,25-/m1/s1. The molecule has 0 radical (unpaired) electrons. The van der Waals surface area contributed by atoms with Crippen LogP contribution >= 0.6 is 0 Å². The van der Waals surface area contributed by atoms with Crippen LogP contribution in [0.2, 0.25) is 0 Å². The molecular formula is C25H29N3O11. The molecule has 1 fully saturated rings. The smallest absolute Gasteiger partial charge is 0.231 e. The molecule has 9 N–H and O–H groups in total. The molecular weight excluding hydrogens is 518 g/mol. The number of ketones is 2. The molecule has 1 saturated heterocycles. The van der Waals surface area contributed by atoms with E-state index >= 15 is 0 Å². The van der Waals surface area contributed by atoms with Crippen LogP contribution in [0.15, 0.2) is 23.2 Å². The van der Waals surface area contributed by atoms with Gasteiger partial charge in [0.2, 0.25) is 17.9 Å². The number of aromatic hydroxyl groups is 1. The highest BCUT2D eigenvalue weighted by atomic mass is 16.8. The molecule has 14 heteroatoms. The zero-order chi connectivity index (χ0) is 28.8. The van der Waals surface area contributed by atoms with Crippen molar-refractivity contribution >= 4 is 17.5 Å². The molecule has 2 aliphatic rings. The highest BCUT2D eigenvalue weighted by molar-refractivity contribution is 6.30. The molecule has 5 atom stereocenters. The molecule has 1 heterocycles. The number of nitrogens with zero attached hydrogens (tertiary/aromatic N) is 1. The van der Waals surface area contributed by atoms with Crippen molar-refractivity contribution in [2.75, 3.05) is 20.8 Å². The zero-order valence-electron chi connectivity index (χ0n) is 21.2. The first kappa shape index (κ1) is 28.2. The van der Waals surface area contributed by atoms with Gasteiger partial charge in [-0.3, -0.25) is 14.6 Å². The van der Waals surface area contributed by atoms with E-state index in [0.29, 0.717) is 5.56 Å². The summed E-state index contributed by atoms with van der Waals surface area (Å²) in [7, 11) is 2.76. The lowest BCUT2D eigenvalue weighted by Gasteiger charge is -2.44. The Bertz CT molecular complexity index is 1360. The molecule has 4 rings (SSSR count). The summed E-state index contributed by atoms with van der Waals surface area (Å²) >= 11 is 0. The van der Waals surface area contributed by atoms with Gasteiger partial charge in [0.1, 0.15) is 35.6 Å². The number of hydrogen-bond donors (Lipinski definition) is 8. The molecule has 14 nitrogen and oxygen atoms in total. The summed E-state index contributed by atoms with van der Waals surface area (Å²) in [5.74, 6) is -4.82. The number of benzene rings is 2. The number of aliphatic hydroxyl groups is 5. The normalized spacial score (nSPS) is 26.6. The van der Waals surface area contributed by atoms with Gasteiger partial charge in [-0.05, 0) is 24.6 Å². The summed E-state index contributed by atoms with van der Waals surface area (Å²) < 4.78 is 16.0. The molecule has 0 spiro atoms. The molecule has 0 saturated carbocycles. The minimum Gasteiger partial charge on any atom is -0.507 e. The van der Waals surface area contributed by atoms with Crippen LogP contribution in [0.3, 0.4) is 0 Å². The van der Waals surface area contributed by atoms with Gasteiger partial charge in [0.15, 0.2) is 11.7 Å². The van der Waals surface area contributed by atoms with Crippen molar-refractivity contribution in [3.8, 4) is 17.2 Å². The largest absolute Gasteiger partial charge is 0.507 e. The second-order valence-corrected chi connectivity index (χ2v) is 9.14. The highest BCUT2D eigenvalue weighted by Gasteiger charge is 2.54. The van der Waals surface area contributed by atoms with Gasteiger partial charge in [0, 0.05) is 36.3 Å². The summed E-state index contributed by atoms with van der Waals surface area (Å²) in [6.45, 7) is 0.472. The number of fused-ring (bicyclic) bond motifs is 2. The Hall–Kier alpha value is -3.79. The number of nitrogens with one attached hydrogen (secondary N) is 1. The predicted octanol–water partition coefficient (Wildman–Crippen LogP) is -1.98. The number of aryl methyl sites for hydroxylation is 1. The van der Waals surface area contributed by atoms with E-state index in [1.165, 1.54) is 32.4 Å². The van der Waals surface area contributed by atoms with E-state index in [2.05, 4.69) is 10.3 Å². The maximum Gasteiger partial charge on any atom is 0.231 e. The number of phenolic OH excluding ortho intramolecular Hbond substituents is 1. The summed E-state index contributed by atoms with van der Waals surface area (Å²) in [5, 5.41) is 64.4. The van der Waals surface area contributed by atoms with Crippen LogP contribution in [0.5, 0.6) is 17.2 Å². The highest BCUT2D eigenvalue weighted by Crippen LogP contribution is 2.42. The summed E-state index contributed by atoms with van der Waals surface area (Å²) in [6.07, 6.45) is -7.97. The van der Waals surface area contributed by atoms with Gasteiger partial charge in [-0.25, -0.2) is 0 Å². The van der Waals surface area contributed by atoms with Crippen LogP contribution < -0.4 is 20.5 Å². The maximum absolute atomic E-state index is 13.8. The van der Waals surface area contributed by atoms with E-state index in [4.69, 9.17) is 19.9 Å². The van der Waals surface area contributed by atoms with Gasteiger partial charge >= 0.3 is 0 Å². The number of aliphatic hydroxyl groups excluding tert-OH is 4. The zero-order valence-corrected chi connectivity index (χ0v) is 21.2. The fourth-order valence-corrected chi connectivity index (χ4v) is 4.52. The third-order valence-corrected chi connectivity index (χ3v) is 6.78. The SMILES string of the molecule is CN=C(N)NCc1c(C)cc2c(c1O)C(=O)c1c(O[C@@H]3O[C@](O)(CO)[C@@H](O)[C@H](O)[C@H]3O)cc(OC)cc1C2=O. The Morgan fingerprint density at radius 2 is 1.79 bits per heavy atom. The third-order valence-electron chi connectivity index (χ3n) is 6.78. The quantitative estimate of drug-likeness (QED) is 0.124. The van der Waals surface area contributed by atoms with Crippen molar-refractivity contribution in [3.05, 3.63) is 51.6 Å². The average molecular weight is 548 g/mol. The summed E-state index contributed by atoms with van der Waals surface area (Å²) in [6, 6.07) is 3.96. The second-order valence-electron chi connectivity index (χ2n) is 9.14. The molecule has 39 heavy (non-hydrogen) atoms. The van der Waals surface area contributed by atoms with Crippen LogP contribution in [0, 0.1) is 6.92 Å². The van der Waals surface area contributed by atoms with Crippen LogP contribution in [0.4, 0.5) is 0 Å². The lowest BCUT2D eigenvalue weighted by atomic mass is 9.81. The third kappa shape index (κ3) is 4.67. The molecule has 0 unspecified atom stereocenters. The molecule has 1 aliphatic carbocycles. The number of carbonyl (C=O) groups is 2. The first-order chi connectivity index (χ1) is 18.4. The van der Waals surface area contributed by atoms with Crippen molar-refractivity contribution in [2.24, 2.45) is 10.7 Å². The van der Waals surface area contributed by atoms with Crippen LogP contribution in [0.25, 0.3) is 0 Å². The Morgan fingerprint density at radius 3 is 2.41 bits per heavy atom. The number of phenols is 1. The first-order valence-corrected chi connectivity index (χ1v) is 11.7. The lowest BCUT2D eigenvalue weighted by Crippen LogP contribution is -2.67. The van der Waals surface area contributed by atoms with E-state index in [0.717, 1.165) is 0 Å². The van der Waals surface area contributed by atoms with Crippen molar-refractivity contribution < 1.29 is 54.4 Å². The fraction of sp³-hybridized carbons (Fsp3) is 0.400. The van der Waals surface area contributed by atoms with E-state index < -0.39 is 54.3 Å². The molecule has 0 aromatic heterocycles. The monoisotopic (exact) mass is 547 g/mol. The predicted molar refractivity (Wildman–Crippen MR) is 133 cm³/mol. The Kier molecular flexibility index (Phi) is 7.53. The van der Waals surface area contributed by atoms with E-state index in [-0.39, 0.29) is 51.8 Å². The number of hydrogen-bond acceptors (Lipinski definition) is 12. The second kappa shape index (κ2) is 10.4. The fourth-order valence-electron chi connectivity index (χ4n) is 4.52.